The van der Waals surface area contributed by atoms with Gasteiger partial charge in [0.15, 0.2) is 0 Å². The predicted octanol–water partition coefficient (Wildman–Crippen LogP) is 2.76. The number of nitrogens with zero attached hydrogens (tertiary/aromatic N) is 3. The second-order valence-corrected chi connectivity index (χ2v) is 5.79. The molecule has 7 heteroatoms. The summed E-state index contributed by atoms with van der Waals surface area (Å²) in [7, 11) is 0. The van der Waals surface area contributed by atoms with Gasteiger partial charge in [0.25, 0.3) is 0 Å². The molecule has 0 saturated carbocycles. The summed E-state index contributed by atoms with van der Waals surface area (Å²) < 4.78 is 5.31. The van der Waals surface area contributed by atoms with E-state index in [0.29, 0.717) is 24.8 Å². The molecule has 3 rings (SSSR count). The highest BCUT2D eigenvalue weighted by atomic mass is 35.5. The van der Waals surface area contributed by atoms with Crippen molar-refractivity contribution >= 4 is 18.4 Å². The number of carbonyl (C=O) groups is 1. The number of hydrogen-bond acceptors (Lipinski definition) is 5. The number of likely N-dealkylation sites (tertiary alicyclic amines) is 1. The second-order valence-electron chi connectivity index (χ2n) is 5.79. The SMILES string of the molecule is Cc1cccc(-c2noc(CN3CCCC(C(=O)O)C3)n2)c1.Cl. The molecule has 2 aromatic rings. The molecule has 0 bridgehead atoms. The quantitative estimate of drug-likeness (QED) is 0.924. The Hall–Kier alpha value is -1.92. The van der Waals surface area contributed by atoms with Crippen molar-refractivity contribution in [2.75, 3.05) is 13.1 Å². The minimum atomic E-state index is -0.726. The summed E-state index contributed by atoms with van der Waals surface area (Å²) in [5.41, 5.74) is 2.07. The van der Waals surface area contributed by atoms with Crippen LogP contribution in [0.4, 0.5) is 0 Å². The van der Waals surface area contributed by atoms with E-state index in [1.807, 2.05) is 31.2 Å². The largest absolute Gasteiger partial charge is 0.481 e. The van der Waals surface area contributed by atoms with Crippen molar-refractivity contribution in [1.82, 2.24) is 15.0 Å². The summed E-state index contributed by atoms with van der Waals surface area (Å²) in [5, 5.41) is 13.1. The monoisotopic (exact) mass is 337 g/mol. The predicted molar refractivity (Wildman–Crippen MR) is 87.4 cm³/mol. The van der Waals surface area contributed by atoms with Crippen molar-refractivity contribution in [2.24, 2.45) is 5.92 Å². The Morgan fingerprint density at radius 1 is 1.48 bits per heavy atom. The van der Waals surface area contributed by atoms with Gasteiger partial charge in [-0.1, -0.05) is 28.9 Å². The lowest BCUT2D eigenvalue weighted by Crippen LogP contribution is -2.38. The third-order valence-corrected chi connectivity index (χ3v) is 3.96. The van der Waals surface area contributed by atoms with Gasteiger partial charge in [-0.15, -0.1) is 12.4 Å². The Morgan fingerprint density at radius 3 is 3.04 bits per heavy atom. The summed E-state index contributed by atoms with van der Waals surface area (Å²) in [5.74, 6) is 0.0802. The fourth-order valence-corrected chi connectivity index (χ4v) is 2.81. The van der Waals surface area contributed by atoms with E-state index in [-0.39, 0.29) is 18.3 Å². The molecule has 1 aliphatic rings. The molecule has 1 aliphatic heterocycles. The van der Waals surface area contributed by atoms with Crippen LogP contribution >= 0.6 is 12.4 Å². The number of halogens is 1. The highest BCUT2D eigenvalue weighted by Crippen LogP contribution is 2.20. The van der Waals surface area contributed by atoms with E-state index in [2.05, 4.69) is 15.0 Å². The van der Waals surface area contributed by atoms with Crippen LogP contribution in [0.3, 0.4) is 0 Å². The van der Waals surface area contributed by atoms with Crippen LogP contribution in [0.15, 0.2) is 28.8 Å². The number of piperidine rings is 1. The maximum absolute atomic E-state index is 11.1. The first-order valence-corrected chi connectivity index (χ1v) is 7.46. The minimum Gasteiger partial charge on any atom is -0.481 e. The summed E-state index contributed by atoms with van der Waals surface area (Å²) >= 11 is 0. The molecule has 1 aromatic heterocycles. The molecule has 0 spiro atoms. The van der Waals surface area contributed by atoms with Crippen LogP contribution in [-0.2, 0) is 11.3 Å². The van der Waals surface area contributed by atoms with Crippen LogP contribution < -0.4 is 0 Å². The van der Waals surface area contributed by atoms with Crippen molar-refractivity contribution in [2.45, 2.75) is 26.3 Å². The summed E-state index contributed by atoms with van der Waals surface area (Å²) in [6.07, 6.45) is 1.63. The van der Waals surface area contributed by atoms with E-state index in [0.717, 1.165) is 30.5 Å². The maximum atomic E-state index is 11.1. The maximum Gasteiger partial charge on any atom is 0.307 e. The summed E-state index contributed by atoms with van der Waals surface area (Å²) in [6, 6.07) is 7.94. The van der Waals surface area contributed by atoms with Gasteiger partial charge in [0.05, 0.1) is 12.5 Å². The number of carboxylic acid groups (broad SMARTS) is 1. The van der Waals surface area contributed by atoms with Gasteiger partial charge in [0, 0.05) is 12.1 Å². The van der Waals surface area contributed by atoms with Gasteiger partial charge in [-0.25, -0.2) is 0 Å². The van der Waals surface area contributed by atoms with E-state index in [1.165, 1.54) is 0 Å². The Labute approximate surface area is 140 Å². The zero-order valence-electron chi connectivity index (χ0n) is 12.9. The standard InChI is InChI=1S/C16H19N3O3.ClH/c1-11-4-2-5-12(8-11)15-17-14(22-18-15)10-19-7-3-6-13(9-19)16(20)21;/h2,4-5,8,13H,3,6-7,9-10H2,1H3,(H,20,21);1H. The highest BCUT2D eigenvalue weighted by molar-refractivity contribution is 5.85. The van der Waals surface area contributed by atoms with Gasteiger partial charge in [0.1, 0.15) is 0 Å². The first-order chi connectivity index (χ1) is 10.6. The molecule has 1 unspecified atom stereocenters. The molecule has 1 fully saturated rings. The molecule has 1 saturated heterocycles. The molecule has 23 heavy (non-hydrogen) atoms. The number of aryl methyl sites for hydroxylation is 1. The zero-order chi connectivity index (χ0) is 15.5. The Bertz CT molecular complexity index is 674. The molecule has 124 valence electrons. The van der Waals surface area contributed by atoms with Crippen molar-refractivity contribution in [3.8, 4) is 11.4 Å². The molecular formula is C16H20ClN3O3. The Kier molecular flexibility index (Phi) is 5.74. The molecular weight excluding hydrogens is 318 g/mol. The van der Waals surface area contributed by atoms with Crippen molar-refractivity contribution < 1.29 is 14.4 Å². The van der Waals surface area contributed by atoms with Gasteiger partial charge >= 0.3 is 5.97 Å². The second kappa shape index (κ2) is 7.57. The lowest BCUT2D eigenvalue weighted by atomic mass is 9.98. The number of carboxylic acids is 1. The average Bonchev–Trinajstić information content (AvgIpc) is 2.96. The van der Waals surface area contributed by atoms with E-state index >= 15 is 0 Å². The van der Waals surface area contributed by atoms with Gasteiger partial charge in [0.2, 0.25) is 11.7 Å². The highest BCUT2D eigenvalue weighted by Gasteiger charge is 2.26. The van der Waals surface area contributed by atoms with Gasteiger partial charge in [-0.2, -0.15) is 4.98 Å². The fourth-order valence-electron chi connectivity index (χ4n) is 2.81. The minimum absolute atomic E-state index is 0. The van der Waals surface area contributed by atoms with Crippen LogP contribution in [0, 0.1) is 12.8 Å². The van der Waals surface area contributed by atoms with Gasteiger partial charge in [-0.3, -0.25) is 9.69 Å². The van der Waals surface area contributed by atoms with Crippen LogP contribution in [0.1, 0.15) is 24.3 Å². The van der Waals surface area contributed by atoms with Gasteiger partial charge < -0.3 is 9.63 Å². The topological polar surface area (TPSA) is 79.5 Å². The number of hydrogen-bond donors (Lipinski definition) is 1. The molecule has 2 heterocycles. The molecule has 0 radical (unpaired) electrons. The first kappa shape index (κ1) is 17.4. The number of aliphatic carboxylic acids is 1. The molecule has 6 nitrogen and oxygen atoms in total. The fraction of sp³-hybridized carbons (Fsp3) is 0.438. The summed E-state index contributed by atoms with van der Waals surface area (Å²) in [4.78, 5) is 17.6. The average molecular weight is 338 g/mol. The van der Waals surface area contributed by atoms with Crippen molar-refractivity contribution in [3.63, 3.8) is 0 Å². The first-order valence-electron chi connectivity index (χ1n) is 7.46. The number of aromatic nitrogens is 2. The molecule has 1 aromatic carbocycles. The third kappa shape index (κ3) is 4.30. The zero-order valence-corrected chi connectivity index (χ0v) is 13.8. The van der Waals surface area contributed by atoms with Crippen LogP contribution in [-0.4, -0.2) is 39.2 Å². The molecule has 0 amide bonds. The lowest BCUT2D eigenvalue weighted by molar-refractivity contribution is -0.143. The Balaban J connectivity index is 0.00000192. The van der Waals surface area contributed by atoms with Gasteiger partial charge in [-0.05, 0) is 32.4 Å². The molecule has 1 N–H and O–H groups in total. The molecule has 0 aliphatic carbocycles. The van der Waals surface area contributed by atoms with Crippen LogP contribution in [0.2, 0.25) is 0 Å². The van der Waals surface area contributed by atoms with Crippen molar-refractivity contribution in [3.05, 3.63) is 35.7 Å². The Morgan fingerprint density at radius 2 is 2.30 bits per heavy atom. The van der Waals surface area contributed by atoms with E-state index in [9.17, 15) is 4.79 Å². The smallest absolute Gasteiger partial charge is 0.307 e. The lowest BCUT2D eigenvalue weighted by Gasteiger charge is -2.29. The van der Waals surface area contributed by atoms with E-state index in [4.69, 9.17) is 9.63 Å². The third-order valence-electron chi connectivity index (χ3n) is 3.96. The van der Waals surface area contributed by atoms with E-state index < -0.39 is 5.97 Å². The molecule has 1 atom stereocenters. The number of benzene rings is 1. The van der Waals surface area contributed by atoms with Crippen molar-refractivity contribution in [1.29, 1.82) is 0 Å². The number of rotatable bonds is 4. The van der Waals surface area contributed by atoms with Crippen LogP contribution in [0.25, 0.3) is 11.4 Å². The van der Waals surface area contributed by atoms with Crippen LogP contribution in [0.5, 0.6) is 0 Å². The van der Waals surface area contributed by atoms with E-state index in [1.54, 1.807) is 0 Å². The summed E-state index contributed by atoms with van der Waals surface area (Å²) in [6.45, 7) is 3.93. The normalized spacial score (nSPS) is 18.4.